The lowest BCUT2D eigenvalue weighted by Crippen LogP contribution is -2.47. The monoisotopic (exact) mass is 276 g/mol. The number of carbonyl (C=O) groups excluding carboxylic acids is 1. The lowest BCUT2D eigenvalue weighted by atomic mass is 9.69. The van der Waals surface area contributed by atoms with E-state index in [1.165, 1.54) is 0 Å². The van der Waals surface area contributed by atoms with E-state index in [9.17, 15) is 14.7 Å². The van der Waals surface area contributed by atoms with Crippen molar-refractivity contribution in [2.45, 2.75) is 25.7 Å². The molecule has 2 rings (SSSR count). The topological polar surface area (TPSA) is 92.4 Å². The minimum absolute atomic E-state index is 0.193. The molecule has 1 saturated carbocycles. The van der Waals surface area contributed by atoms with Crippen LogP contribution in [0.3, 0.4) is 0 Å². The van der Waals surface area contributed by atoms with Gasteiger partial charge in [0.1, 0.15) is 0 Å². The Morgan fingerprint density at radius 1 is 1.30 bits per heavy atom. The van der Waals surface area contributed by atoms with Crippen molar-refractivity contribution in [1.82, 2.24) is 5.32 Å². The Morgan fingerprint density at radius 3 is 2.55 bits per heavy atom. The van der Waals surface area contributed by atoms with Gasteiger partial charge in [0.25, 0.3) is 5.91 Å². The minimum Gasteiger partial charge on any atom is -0.481 e. The van der Waals surface area contributed by atoms with Crippen LogP contribution in [0.4, 0.5) is 0 Å². The molecule has 20 heavy (non-hydrogen) atoms. The van der Waals surface area contributed by atoms with Crippen LogP contribution in [-0.4, -0.2) is 30.1 Å². The first-order valence-electron chi connectivity index (χ1n) is 6.89. The van der Waals surface area contributed by atoms with Crippen molar-refractivity contribution in [3.05, 3.63) is 35.4 Å². The van der Waals surface area contributed by atoms with E-state index in [-0.39, 0.29) is 12.5 Å². The first-order chi connectivity index (χ1) is 9.59. The van der Waals surface area contributed by atoms with E-state index in [0.29, 0.717) is 31.4 Å². The van der Waals surface area contributed by atoms with Crippen molar-refractivity contribution in [1.29, 1.82) is 0 Å². The molecule has 0 spiro atoms. The summed E-state index contributed by atoms with van der Waals surface area (Å²) in [5.41, 5.74) is 6.24. The molecule has 108 valence electrons. The van der Waals surface area contributed by atoms with Gasteiger partial charge in [0, 0.05) is 12.1 Å². The molecular weight excluding hydrogens is 256 g/mol. The Balaban J connectivity index is 2.03. The van der Waals surface area contributed by atoms with Gasteiger partial charge in [-0.1, -0.05) is 24.6 Å². The molecule has 4 N–H and O–H groups in total. The highest BCUT2D eigenvalue weighted by Gasteiger charge is 2.44. The number of carbonyl (C=O) groups is 2. The quantitative estimate of drug-likeness (QED) is 0.727. The summed E-state index contributed by atoms with van der Waals surface area (Å²) >= 11 is 0. The maximum absolute atomic E-state index is 12.2. The molecule has 5 heteroatoms. The van der Waals surface area contributed by atoms with Crippen LogP contribution in [0.5, 0.6) is 0 Å². The Kier molecular flexibility index (Phi) is 4.39. The van der Waals surface area contributed by atoms with Crippen LogP contribution < -0.4 is 11.1 Å². The van der Waals surface area contributed by atoms with E-state index in [4.69, 9.17) is 5.73 Å². The summed E-state index contributed by atoms with van der Waals surface area (Å²) in [6.45, 7) is 0.668. The van der Waals surface area contributed by atoms with Gasteiger partial charge in [-0.25, -0.2) is 0 Å². The Hall–Kier alpha value is -1.88. The van der Waals surface area contributed by atoms with E-state index >= 15 is 0 Å². The Labute approximate surface area is 118 Å². The van der Waals surface area contributed by atoms with Gasteiger partial charge < -0.3 is 16.2 Å². The summed E-state index contributed by atoms with van der Waals surface area (Å²) in [5, 5.41) is 12.0. The van der Waals surface area contributed by atoms with Gasteiger partial charge in [0.2, 0.25) is 0 Å². The highest BCUT2D eigenvalue weighted by atomic mass is 16.4. The molecule has 0 heterocycles. The number of benzene rings is 1. The first-order valence-corrected chi connectivity index (χ1v) is 6.89. The number of hydrogen-bond acceptors (Lipinski definition) is 3. The smallest absolute Gasteiger partial charge is 0.311 e. The lowest BCUT2D eigenvalue weighted by Gasteiger charge is -2.37. The summed E-state index contributed by atoms with van der Waals surface area (Å²) in [6.07, 6.45) is 2.81. The average Bonchev–Trinajstić information content (AvgIpc) is 2.38. The number of nitrogens with two attached hydrogens (primary N) is 1. The van der Waals surface area contributed by atoms with Gasteiger partial charge in [-0.15, -0.1) is 0 Å². The predicted molar refractivity (Wildman–Crippen MR) is 75.5 cm³/mol. The summed E-state index contributed by atoms with van der Waals surface area (Å²) in [7, 11) is 0. The van der Waals surface area contributed by atoms with E-state index in [2.05, 4.69) is 5.32 Å². The molecule has 0 unspecified atom stereocenters. The Bertz CT molecular complexity index is 510. The summed E-state index contributed by atoms with van der Waals surface area (Å²) < 4.78 is 0. The number of aliphatic carboxylic acids is 1. The first kappa shape index (κ1) is 14.5. The number of rotatable bonds is 6. The number of carboxylic acid groups (broad SMARTS) is 1. The number of nitrogens with one attached hydrogen (secondary N) is 1. The highest BCUT2D eigenvalue weighted by molar-refractivity contribution is 5.96. The van der Waals surface area contributed by atoms with Gasteiger partial charge in [-0.3, -0.25) is 9.59 Å². The molecule has 1 aliphatic rings. The van der Waals surface area contributed by atoms with Crippen molar-refractivity contribution in [2.75, 3.05) is 13.1 Å². The highest BCUT2D eigenvalue weighted by Crippen LogP contribution is 2.40. The molecule has 1 aromatic carbocycles. The minimum atomic E-state index is -0.820. The number of carboxylic acids is 1. The number of amides is 1. The molecule has 0 radical (unpaired) electrons. The molecule has 0 aromatic heterocycles. The van der Waals surface area contributed by atoms with Crippen molar-refractivity contribution in [3.8, 4) is 0 Å². The van der Waals surface area contributed by atoms with Crippen LogP contribution >= 0.6 is 0 Å². The third kappa shape index (κ3) is 2.82. The van der Waals surface area contributed by atoms with E-state index in [1.807, 2.05) is 12.1 Å². The van der Waals surface area contributed by atoms with Crippen molar-refractivity contribution in [3.63, 3.8) is 0 Å². The van der Waals surface area contributed by atoms with Gasteiger partial charge in [-0.2, -0.15) is 0 Å². The molecular formula is C15H20N2O3. The molecule has 1 amide bonds. The van der Waals surface area contributed by atoms with Gasteiger partial charge >= 0.3 is 5.97 Å². The predicted octanol–water partition coefficient (Wildman–Crippen LogP) is 1.17. The van der Waals surface area contributed by atoms with Gasteiger partial charge in [0.15, 0.2) is 0 Å². The van der Waals surface area contributed by atoms with Crippen LogP contribution in [0.1, 0.15) is 35.2 Å². The molecule has 1 fully saturated rings. The normalized spacial score (nSPS) is 16.2. The second-order valence-electron chi connectivity index (χ2n) is 5.32. The average molecular weight is 276 g/mol. The molecule has 0 aliphatic heterocycles. The summed E-state index contributed by atoms with van der Waals surface area (Å²) in [6, 6.07) is 7.28. The fraction of sp³-hybridized carbons (Fsp3) is 0.467. The third-order valence-corrected chi connectivity index (χ3v) is 4.03. The van der Waals surface area contributed by atoms with Crippen LogP contribution in [-0.2, 0) is 11.2 Å². The van der Waals surface area contributed by atoms with E-state index in [1.54, 1.807) is 12.1 Å². The SMILES string of the molecule is NCCc1ccccc1C(=O)NCC1(C(=O)O)CCC1. The zero-order chi connectivity index (χ0) is 14.6. The standard InChI is InChI=1S/C15H20N2O3/c16-9-6-11-4-1-2-5-12(11)13(18)17-10-15(14(19)20)7-3-8-15/h1-2,4-5H,3,6-10,16H2,(H,17,18)(H,19,20). The summed E-state index contributed by atoms with van der Waals surface area (Å²) in [5.74, 6) is -1.04. The van der Waals surface area contributed by atoms with E-state index in [0.717, 1.165) is 12.0 Å². The zero-order valence-corrected chi connectivity index (χ0v) is 11.4. The summed E-state index contributed by atoms with van der Waals surface area (Å²) in [4.78, 5) is 23.5. The Morgan fingerprint density at radius 2 is 2.00 bits per heavy atom. The van der Waals surface area contributed by atoms with Crippen molar-refractivity contribution >= 4 is 11.9 Å². The third-order valence-electron chi connectivity index (χ3n) is 4.03. The van der Waals surface area contributed by atoms with Crippen LogP contribution in [0, 0.1) is 5.41 Å². The maximum Gasteiger partial charge on any atom is 0.311 e. The maximum atomic E-state index is 12.2. The van der Waals surface area contributed by atoms with Crippen molar-refractivity contribution < 1.29 is 14.7 Å². The van der Waals surface area contributed by atoms with Crippen LogP contribution in [0.25, 0.3) is 0 Å². The molecule has 1 aromatic rings. The molecule has 1 aliphatic carbocycles. The second kappa shape index (κ2) is 6.05. The molecule has 0 bridgehead atoms. The molecule has 5 nitrogen and oxygen atoms in total. The van der Waals surface area contributed by atoms with Gasteiger partial charge in [-0.05, 0) is 37.4 Å². The largest absolute Gasteiger partial charge is 0.481 e. The van der Waals surface area contributed by atoms with E-state index < -0.39 is 11.4 Å². The fourth-order valence-corrected chi connectivity index (χ4v) is 2.53. The number of hydrogen-bond donors (Lipinski definition) is 3. The van der Waals surface area contributed by atoms with Crippen LogP contribution in [0.2, 0.25) is 0 Å². The van der Waals surface area contributed by atoms with Crippen LogP contribution in [0.15, 0.2) is 24.3 Å². The second-order valence-corrected chi connectivity index (χ2v) is 5.32. The molecule has 0 atom stereocenters. The fourth-order valence-electron chi connectivity index (χ4n) is 2.53. The van der Waals surface area contributed by atoms with Gasteiger partial charge in [0.05, 0.1) is 5.41 Å². The zero-order valence-electron chi connectivity index (χ0n) is 11.4. The van der Waals surface area contributed by atoms with Crippen molar-refractivity contribution in [2.24, 2.45) is 11.1 Å². The lowest BCUT2D eigenvalue weighted by molar-refractivity contribution is -0.153. The molecule has 0 saturated heterocycles.